The minimum atomic E-state index is -3.75. The summed E-state index contributed by atoms with van der Waals surface area (Å²) < 4.78 is 57.3. The Morgan fingerprint density at radius 1 is 0.522 bits per heavy atom. The average Bonchev–Trinajstić information content (AvgIpc) is 3.07. The first-order valence-electron chi connectivity index (χ1n) is 14.8. The summed E-state index contributed by atoms with van der Waals surface area (Å²) in [5.74, 6) is 0. The fourth-order valence-electron chi connectivity index (χ4n) is 5.15. The van der Waals surface area contributed by atoms with Crippen molar-refractivity contribution in [3.8, 4) is 0 Å². The Morgan fingerprint density at radius 3 is 1.35 bits per heavy atom. The summed E-state index contributed by atoms with van der Waals surface area (Å²) in [6.07, 6.45) is 1.34. The summed E-state index contributed by atoms with van der Waals surface area (Å²) in [5.41, 5.74) is 3.77. The van der Waals surface area contributed by atoms with Crippen LogP contribution in [0.4, 0.5) is 11.4 Å². The summed E-state index contributed by atoms with van der Waals surface area (Å²) in [6, 6.07) is 35.3. The molecule has 0 aliphatic rings. The van der Waals surface area contributed by atoms with Crippen LogP contribution in [0.1, 0.15) is 11.4 Å². The number of benzene rings is 4. The second kappa shape index (κ2) is 13.3. The molecule has 6 aromatic rings. The molecule has 0 aliphatic heterocycles. The lowest BCUT2D eigenvalue weighted by Crippen LogP contribution is -2.24. The Hall–Kier alpha value is -4.84. The van der Waals surface area contributed by atoms with Gasteiger partial charge in [-0.2, -0.15) is 0 Å². The van der Waals surface area contributed by atoms with E-state index in [2.05, 4.69) is 14.3 Å². The van der Waals surface area contributed by atoms with E-state index >= 15 is 0 Å². The first kappa shape index (κ1) is 31.2. The third-order valence-electron chi connectivity index (χ3n) is 7.65. The van der Waals surface area contributed by atoms with Crippen molar-refractivity contribution >= 4 is 53.2 Å². The van der Waals surface area contributed by atoms with Gasteiger partial charge in [-0.3, -0.25) is 19.4 Å². The molecule has 0 saturated carbocycles. The predicted molar refractivity (Wildman–Crippen MR) is 183 cm³/mol. The van der Waals surface area contributed by atoms with Crippen LogP contribution < -0.4 is 9.44 Å². The molecular weight excluding hydrogens is 619 g/mol. The Labute approximate surface area is 269 Å². The van der Waals surface area contributed by atoms with Crippen LogP contribution in [-0.4, -0.2) is 51.8 Å². The molecule has 0 saturated heterocycles. The molecule has 2 N–H and O–H groups in total. The molecule has 46 heavy (non-hydrogen) atoms. The number of aromatic nitrogens is 2. The van der Waals surface area contributed by atoms with Crippen LogP contribution in [0.2, 0.25) is 0 Å². The normalized spacial score (nSPS) is 12.0. The Morgan fingerprint density at radius 2 is 0.935 bits per heavy atom. The van der Waals surface area contributed by atoms with Crippen molar-refractivity contribution in [2.45, 2.75) is 22.6 Å². The Bertz CT molecular complexity index is 2050. The highest BCUT2D eigenvalue weighted by Gasteiger charge is 2.17. The standard InChI is InChI=1S/C35H33N5O4S2/c1-40(24-22-28-20-18-26-10-8-16-32(34(26)36-28)38-45(41,42)30-12-4-2-5-13-30)25-23-29-21-19-27-11-9-17-33(35(27)37-29)39-46(43,44)31-14-6-3-7-15-31/h2-21,38-39H,22-25H2,1H3. The molecule has 6 rings (SSSR count). The van der Waals surface area contributed by atoms with Gasteiger partial charge < -0.3 is 4.90 Å². The van der Waals surface area contributed by atoms with Crippen LogP contribution in [0.25, 0.3) is 21.8 Å². The number of fused-ring (bicyclic) bond motifs is 2. The van der Waals surface area contributed by atoms with Crippen molar-refractivity contribution in [3.05, 3.63) is 133 Å². The zero-order valence-electron chi connectivity index (χ0n) is 25.2. The van der Waals surface area contributed by atoms with Gasteiger partial charge in [-0.1, -0.05) is 72.8 Å². The van der Waals surface area contributed by atoms with E-state index < -0.39 is 20.0 Å². The number of likely N-dealkylation sites (N-methyl/N-ethyl adjacent to an activating group) is 1. The van der Waals surface area contributed by atoms with E-state index in [4.69, 9.17) is 9.97 Å². The summed E-state index contributed by atoms with van der Waals surface area (Å²) in [6.45, 7) is 1.46. The number of para-hydroxylation sites is 2. The van der Waals surface area contributed by atoms with E-state index in [9.17, 15) is 16.8 Å². The van der Waals surface area contributed by atoms with E-state index in [1.54, 1.807) is 72.8 Å². The molecule has 11 heteroatoms. The molecule has 0 bridgehead atoms. The van der Waals surface area contributed by atoms with Gasteiger partial charge in [0.1, 0.15) is 0 Å². The molecule has 2 aromatic heterocycles. The van der Waals surface area contributed by atoms with Crippen molar-refractivity contribution < 1.29 is 16.8 Å². The highest BCUT2D eigenvalue weighted by atomic mass is 32.2. The van der Waals surface area contributed by atoms with Crippen LogP contribution in [0.3, 0.4) is 0 Å². The average molecular weight is 652 g/mol. The number of hydrogen-bond donors (Lipinski definition) is 2. The number of hydrogen-bond acceptors (Lipinski definition) is 7. The maximum Gasteiger partial charge on any atom is 0.261 e. The lowest BCUT2D eigenvalue weighted by Gasteiger charge is -2.17. The SMILES string of the molecule is CN(CCc1ccc2cccc(NS(=O)(=O)c3ccccc3)c2n1)CCc1ccc2cccc(NS(=O)(=O)c3ccccc3)c2n1. The monoisotopic (exact) mass is 651 g/mol. The molecule has 0 spiro atoms. The van der Waals surface area contributed by atoms with Gasteiger partial charge in [-0.15, -0.1) is 0 Å². The lowest BCUT2D eigenvalue weighted by molar-refractivity contribution is 0.340. The highest BCUT2D eigenvalue weighted by molar-refractivity contribution is 7.93. The predicted octanol–water partition coefficient (Wildman–Crippen LogP) is 6.10. The first-order chi connectivity index (χ1) is 22.2. The van der Waals surface area contributed by atoms with Crippen molar-refractivity contribution in [1.29, 1.82) is 0 Å². The minimum Gasteiger partial charge on any atom is -0.306 e. The van der Waals surface area contributed by atoms with E-state index in [1.807, 2.05) is 55.6 Å². The van der Waals surface area contributed by atoms with E-state index in [1.165, 1.54) is 0 Å². The molecule has 234 valence electrons. The molecule has 0 aliphatic carbocycles. The molecule has 9 nitrogen and oxygen atoms in total. The maximum absolute atomic E-state index is 13.0. The second-order valence-electron chi connectivity index (χ2n) is 11.0. The summed E-state index contributed by atoms with van der Waals surface area (Å²) in [5, 5.41) is 1.69. The molecule has 0 unspecified atom stereocenters. The van der Waals surface area contributed by atoms with E-state index in [0.29, 0.717) is 35.2 Å². The number of rotatable bonds is 12. The van der Waals surface area contributed by atoms with Crippen LogP contribution in [0.5, 0.6) is 0 Å². The Kier molecular flexibility index (Phi) is 8.98. The second-order valence-corrected chi connectivity index (χ2v) is 14.4. The molecule has 0 amide bonds. The number of pyridine rings is 2. The summed E-state index contributed by atoms with van der Waals surface area (Å²) in [4.78, 5) is 12.2. The molecule has 0 atom stereocenters. The van der Waals surface area contributed by atoms with E-state index in [-0.39, 0.29) is 9.79 Å². The zero-order chi connectivity index (χ0) is 32.1. The minimum absolute atomic E-state index is 0.190. The summed E-state index contributed by atoms with van der Waals surface area (Å²) >= 11 is 0. The van der Waals surface area contributed by atoms with Crippen molar-refractivity contribution in [2.75, 3.05) is 29.6 Å². The van der Waals surface area contributed by atoms with Gasteiger partial charge in [0.05, 0.1) is 32.2 Å². The fraction of sp³-hybridized carbons (Fsp3) is 0.143. The van der Waals surface area contributed by atoms with Gasteiger partial charge in [0.2, 0.25) is 0 Å². The van der Waals surface area contributed by atoms with Crippen LogP contribution in [0.15, 0.2) is 131 Å². The van der Waals surface area contributed by atoms with Gasteiger partial charge in [0, 0.05) is 48.1 Å². The molecule has 0 fully saturated rings. The smallest absolute Gasteiger partial charge is 0.261 e. The fourth-order valence-corrected chi connectivity index (χ4v) is 7.32. The van der Waals surface area contributed by atoms with Gasteiger partial charge >= 0.3 is 0 Å². The number of anilines is 2. The zero-order valence-corrected chi connectivity index (χ0v) is 26.8. The van der Waals surface area contributed by atoms with Gasteiger partial charge in [0.15, 0.2) is 0 Å². The first-order valence-corrected chi connectivity index (χ1v) is 17.8. The van der Waals surface area contributed by atoms with Crippen molar-refractivity contribution in [1.82, 2.24) is 14.9 Å². The van der Waals surface area contributed by atoms with Crippen LogP contribution in [-0.2, 0) is 32.9 Å². The van der Waals surface area contributed by atoms with Crippen molar-refractivity contribution in [2.24, 2.45) is 0 Å². The summed E-state index contributed by atoms with van der Waals surface area (Å²) in [7, 11) is -5.48. The van der Waals surface area contributed by atoms with Gasteiger partial charge in [-0.25, -0.2) is 16.8 Å². The molecule has 2 heterocycles. The maximum atomic E-state index is 13.0. The number of nitrogens with one attached hydrogen (secondary N) is 2. The number of nitrogens with zero attached hydrogens (tertiary/aromatic N) is 3. The molecule has 0 radical (unpaired) electrons. The van der Waals surface area contributed by atoms with Crippen molar-refractivity contribution in [3.63, 3.8) is 0 Å². The van der Waals surface area contributed by atoms with Gasteiger partial charge in [0.25, 0.3) is 20.0 Å². The topological polar surface area (TPSA) is 121 Å². The van der Waals surface area contributed by atoms with Crippen LogP contribution in [0, 0.1) is 0 Å². The van der Waals surface area contributed by atoms with E-state index in [0.717, 1.165) is 35.2 Å². The van der Waals surface area contributed by atoms with Gasteiger partial charge in [-0.05, 0) is 55.6 Å². The molecule has 4 aromatic carbocycles. The quantitative estimate of drug-likeness (QED) is 0.164. The van der Waals surface area contributed by atoms with Crippen LogP contribution >= 0.6 is 0 Å². The lowest BCUT2D eigenvalue weighted by atomic mass is 10.1. The Balaban J connectivity index is 1.11. The third kappa shape index (κ3) is 7.17. The highest BCUT2D eigenvalue weighted by Crippen LogP contribution is 2.26. The molecular formula is C35H33N5O4S2. The third-order valence-corrected chi connectivity index (χ3v) is 10.4. The largest absolute Gasteiger partial charge is 0.306 e. The number of sulfonamides is 2.